The van der Waals surface area contributed by atoms with E-state index in [-0.39, 0.29) is 24.6 Å². The highest BCUT2D eigenvalue weighted by Crippen LogP contribution is 2.32. The van der Waals surface area contributed by atoms with Crippen LogP contribution < -0.4 is 5.32 Å². The van der Waals surface area contributed by atoms with E-state index in [9.17, 15) is 14.0 Å². The van der Waals surface area contributed by atoms with Crippen LogP contribution in [0.25, 0.3) is 0 Å². The first-order valence-electron chi connectivity index (χ1n) is 8.84. The molecule has 1 aromatic rings. The number of amides is 2. The van der Waals surface area contributed by atoms with Crippen LogP contribution in [0.2, 0.25) is 0 Å². The van der Waals surface area contributed by atoms with Crippen molar-refractivity contribution >= 4 is 12.0 Å². The van der Waals surface area contributed by atoms with Gasteiger partial charge in [0.25, 0.3) is 0 Å². The lowest BCUT2D eigenvalue weighted by Gasteiger charge is -2.36. The lowest BCUT2D eigenvalue weighted by atomic mass is 9.94. The molecular formula is C19H23FN2O4. The van der Waals surface area contributed by atoms with Crippen LogP contribution in [0.5, 0.6) is 0 Å². The topological polar surface area (TPSA) is 67.9 Å². The maximum atomic E-state index is 13.3. The lowest BCUT2D eigenvalue weighted by molar-refractivity contribution is -0.139. The fourth-order valence-corrected chi connectivity index (χ4v) is 3.37. The molecule has 1 aromatic carbocycles. The fraction of sp³-hybridized carbons (Fsp3) is 0.474. The maximum Gasteiger partial charge on any atom is 0.338 e. The summed E-state index contributed by atoms with van der Waals surface area (Å²) in [5, 5.41) is 2.85. The van der Waals surface area contributed by atoms with E-state index in [4.69, 9.17) is 9.47 Å². The van der Waals surface area contributed by atoms with Gasteiger partial charge in [-0.1, -0.05) is 12.1 Å². The Morgan fingerprint density at radius 2 is 2.12 bits per heavy atom. The van der Waals surface area contributed by atoms with Gasteiger partial charge in [0.05, 0.1) is 30.9 Å². The van der Waals surface area contributed by atoms with Crippen LogP contribution in [0.4, 0.5) is 9.18 Å². The van der Waals surface area contributed by atoms with E-state index in [1.54, 1.807) is 26.0 Å². The van der Waals surface area contributed by atoms with Crippen molar-refractivity contribution in [1.29, 1.82) is 0 Å². The van der Waals surface area contributed by atoms with Crippen molar-refractivity contribution in [3.05, 3.63) is 46.9 Å². The molecule has 1 N–H and O–H groups in total. The Morgan fingerprint density at radius 1 is 1.38 bits per heavy atom. The quantitative estimate of drug-likeness (QED) is 0.818. The van der Waals surface area contributed by atoms with Gasteiger partial charge in [-0.05, 0) is 44.4 Å². The molecule has 1 fully saturated rings. The monoisotopic (exact) mass is 362 g/mol. The summed E-state index contributed by atoms with van der Waals surface area (Å²) in [4.78, 5) is 26.8. The molecule has 0 aliphatic carbocycles. The first kappa shape index (κ1) is 18.4. The van der Waals surface area contributed by atoms with Crippen LogP contribution in [0.1, 0.15) is 38.3 Å². The number of ether oxygens (including phenoxy) is 2. The second-order valence-electron chi connectivity index (χ2n) is 6.40. The summed E-state index contributed by atoms with van der Waals surface area (Å²) >= 11 is 0. The van der Waals surface area contributed by atoms with Gasteiger partial charge in [-0.3, -0.25) is 4.90 Å². The van der Waals surface area contributed by atoms with Crippen molar-refractivity contribution < 1.29 is 23.5 Å². The number of allylic oxidation sites excluding steroid dienone is 1. The summed E-state index contributed by atoms with van der Waals surface area (Å²) in [7, 11) is 0. The lowest BCUT2D eigenvalue weighted by Crippen LogP contribution is -2.50. The molecule has 2 heterocycles. The van der Waals surface area contributed by atoms with E-state index in [0.717, 1.165) is 12.8 Å². The zero-order valence-electron chi connectivity index (χ0n) is 15.0. The van der Waals surface area contributed by atoms with Crippen LogP contribution in [0, 0.1) is 5.82 Å². The molecule has 6 nitrogen and oxygen atoms in total. The molecule has 2 atom stereocenters. The standard InChI is InChI=1S/C19H23FN2O4/c1-3-25-18(23)16-12(2)22(11-15-5-4-10-26-15)19(24)21-17(16)13-6-8-14(20)9-7-13/h6-9,15,17H,3-5,10-11H2,1-2H3,(H,21,24)/t15-,17-/m1/s1. The molecule has 0 unspecified atom stereocenters. The Bertz CT molecular complexity index is 711. The zero-order valence-corrected chi connectivity index (χ0v) is 15.0. The Morgan fingerprint density at radius 3 is 2.73 bits per heavy atom. The normalized spacial score (nSPS) is 23.2. The van der Waals surface area contributed by atoms with Gasteiger partial charge < -0.3 is 14.8 Å². The highest BCUT2D eigenvalue weighted by atomic mass is 19.1. The molecule has 26 heavy (non-hydrogen) atoms. The summed E-state index contributed by atoms with van der Waals surface area (Å²) in [6.07, 6.45) is 1.81. The molecular weight excluding hydrogens is 339 g/mol. The summed E-state index contributed by atoms with van der Waals surface area (Å²) in [6, 6.07) is 4.74. The molecule has 0 aromatic heterocycles. The molecule has 2 aliphatic rings. The number of nitrogens with zero attached hydrogens (tertiary/aromatic N) is 1. The van der Waals surface area contributed by atoms with Gasteiger partial charge in [0, 0.05) is 12.3 Å². The molecule has 0 saturated carbocycles. The van der Waals surface area contributed by atoms with E-state index in [1.807, 2.05) is 0 Å². The number of urea groups is 1. The molecule has 0 spiro atoms. The van der Waals surface area contributed by atoms with Crippen LogP contribution >= 0.6 is 0 Å². The number of esters is 1. The van der Waals surface area contributed by atoms with Gasteiger partial charge in [-0.2, -0.15) is 0 Å². The third-order valence-corrected chi connectivity index (χ3v) is 4.71. The molecule has 0 radical (unpaired) electrons. The third kappa shape index (κ3) is 3.72. The van der Waals surface area contributed by atoms with E-state index < -0.39 is 12.0 Å². The van der Waals surface area contributed by atoms with Crippen molar-refractivity contribution in [2.45, 2.75) is 38.8 Å². The molecule has 1 saturated heterocycles. The number of rotatable bonds is 5. The first-order chi connectivity index (χ1) is 12.5. The molecule has 2 aliphatic heterocycles. The number of hydrogen-bond acceptors (Lipinski definition) is 4. The average molecular weight is 362 g/mol. The Kier molecular flexibility index (Phi) is 5.56. The number of halogens is 1. The summed E-state index contributed by atoms with van der Waals surface area (Å²) in [6.45, 7) is 4.76. The van der Waals surface area contributed by atoms with Crippen LogP contribution in [-0.4, -0.2) is 42.8 Å². The Labute approximate surface area is 151 Å². The first-order valence-corrected chi connectivity index (χ1v) is 8.84. The van der Waals surface area contributed by atoms with Crippen molar-refractivity contribution in [2.24, 2.45) is 0 Å². The van der Waals surface area contributed by atoms with Gasteiger partial charge in [0.2, 0.25) is 0 Å². The van der Waals surface area contributed by atoms with Crippen molar-refractivity contribution in [3.63, 3.8) is 0 Å². The fourth-order valence-electron chi connectivity index (χ4n) is 3.37. The Balaban J connectivity index is 1.96. The van der Waals surface area contributed by atoms with E-state index in [2.05, 4.69) is 5.32 Å². The SMILES string of the molecule is CCOC(=O)C1=C(C)N(C[C@H]2CCCO2)C(=O)N[C@@H]1c1ccc(F)cc1. The van der Waals surface area contributed by atoms with E-state index >= 15 is 0 Å². The minimum Gasteiger partial charge on any atom is -0.463 e. The number of benzene rings is 1. The highest BCUT2D eigenvalue weighted by molar-refractivity contribution is 5.95. The number of carbonyl (C=O) groups is 2. The largest absolute Gasteiger partial charge is 0.463 e. The van der Waals surface area contributed by atoms with Crippen LogP contribution in [-0.2, 0) is 14.3 Å². The number of carbonyl (C=O) groups excluding carboxylic acids is 2. The van der Waals surface area contributed by atoms with Gasteiger partial charge in [-0.25, -0.2) is 14.0 Å². The average Bonchev–Trinajstić information content (AvgIpc) is 3.12. The molecule has 7 heteroatoms. The maximum absolute atomic E-state index is 13.3. The molecule has 3 rings (SSSR count). The van der Waals surface area contributed by atoms with Gasteiger partial charge in [-0.15, -0.1) is 0 Å². The second-order valence-corrected chi connectivity index (χ2v) is 6.40. The molecule has 0 bridgehead atoms. The van der Waals surface area contributed by atoms with Gasteiger partial charge in [0.1, 0.15) is 5.82 Å². The van der Waals surface area contributed by atoms with Crippen LogP contribution in [0.3, 0.4) is 0 Å². The van der Waals surface area contributed by atoms with Gasteiger partial charge >= 0.3 is 12.0 Å². The summed E-state index contributed by atoms with van der Waals surface area (Å²) in [5.74, 6) is -0.869. The minimum atomic E-state index is -0.678. The third-order valence-electron chi connectivity index (χ3n) is 4.71. The van der Waals surface area contributed by atoms with Gasteiger partial charge in [0.15, 0.2) is 0 Å². The van der Waals surface area contributed by atoms with Crippen molar-refractivity contribution in [2.75, 3.05) is 19.8 Å². The highest BCUT2D eigenvalue weighted by Gasteiger charge is 2.37. The Hall–Kier alpha value is -2.41. The smallest absolute Gasteiger partial charge is 0.338 e. The predicted molar refractivity (Wildman–Crippen MR) is 92.7 cm³/mol. The van der Waals surface area contributed by atoms with Crippen molar-refractivity contribution in [3.8, 4) is 0 Å². The second kappa shape index (κ2) is 7.86. The van der Waals surface area contributed by atoms with E-state index in [1.165, 1.54) is 17.0 Å². The number of nitrogens with one attached hydrogen (secondary N) is 1. The van der Waals surface area contributed by atoms with E-state index in [0.29, 0.717) is 30.0 Å². The van der Waals surface area contributed by atoms with Crippen molar-refractivity contribution in [1.82, 2.24) is 10.2 Å². The summed E-state index contributed by atoms with van der Waals surface area (Å²) in [5.41, 5.74) is 1.52. The summed E-state index contributed by atoms with van der Waals surface area (Å²) < 4.78 is 24.1. The van der Waals surface area contributed by atoms with Crippen LogP contribution in [0.15, 0.2) is 35.5 Å². The zero-order chi connectivity index (χ0) is 18.7. The number of hydrogen-bond donors (Lipinski definition) is 1. The predicted octanol–water partition coefficient (Wildman–Crippen LogP) is 2.91. The molecule has 140 valence electrons. The molecule has 2 amide bonds. The minimum absolute atomic E-state index is 0.0403.